The molecule has 3 nitrogen and oxygen atoms in total. The summed E-state index contributed by atoms with van der Waals surface area (Å²) in [5, 5.41) is 0. The number of urea groups is 1. The minimum Gasteiger partial charge on any atom is -0.251 e. The summed E-state index contributed by atoms with van der Waals surface area (Å²) in [6.07, 6.45) is 5.75. The van der Waals surface area contributed by atoms with E-state index in [1.165, 1.54) is 11.1 Å². The molecule has 2 aromatic rings. The lowest BCUT2D eigenvalue weighted by Crippen LogP contribution is -2.40. The first-order chi connectivity index (χ1) is 10.7. The van der Waals surface area contributed by atoms with Gasteiger partial charge >= 0.3 is 6.03 Å². The zero-order valence-corrected chi connectivity index (χ0v) is 12.2. The molecule has 4 rings (SSSR count). The molecule has 3 heteroatoms. The van der Waals surface area contributed by atoms with Gasteiger partial charge in [-0.1, -0.05) is 54.1 Å². The Bertz CT molecular complexity index is 875. The lowest BCUT2D eigenvalue weighted by molar-refractivity contribution is 0.233. The number of aryl methyl sites for hydroxylation is 1. The Morgan fingerprint density at radius 1 is 0.955 bits per heavy atom. The summed E-state index contributed by atoms with van der Waals surface area (Å²) in [5.74, 6) is 0.710. The van der Waals surface area contributed by atoms with Crippen molar-refractivity contribution in [1.29, 1.82) is 0 Å². The van der Waals surface area contributed by atoms with Gasteiger partial charge in [-0.05, 0) is 41.3 Å². The molecule has 2 aromatic carbocycles. The third-order valence-electron chi connectivity index (χ3n) is 3.91. The topological polar surface area (TPSA) is 32.7 Å². The van der Waals surface area contributed by atoms with E-state index in [-0.39, 0.29) is 6.03 Å². The second-order valence-corrected chi connectivity index (χ2v) is 5.46. The molecule has 2 aliphatic heterocycles. The van der Waals surface area contributed by atoms with Gasteiger partial charge in [0.2, 0.25) is 0 Å². The molecule has 2 amide bonds. The molecule has 0 saturated heterocycles. The van der Waals surface area contributed by atoms with Crippen LogP contribution in [-0.2, 0) is 0 Å². The number of aliphatic imine (C=N–C) groups is 1. The molecule has 0 aliphatic carbocycles. The smallest absolute Gasteiger partial charge is 0.251 e. The van der Waals surface area contributed by atoms with Crippen LogP contribution in [0.5, 0.6) is 0 Å². The van der Waals surface area contributed by atoms with E-state index in [9.17, 15) is 4.79 Å². The van der Waals surface area contributed by atoms with Crippen LogP contribution in [0.2, 0.25) is 0 Å². The highest BCUT2D eigenvalue weighted by Gasteiger charge is 2.28. The molecule has 22 heavy (non-hydrogen) atoms. The number of hydrogen-bond acceptors (Lipinski definition) is 1. The number of benzene rings is 2. The van der Waals surface area contributed by atoms with Gasteiger partial charge in [0.1, 0.15) is 5.84 Å². The van der Waals surface area contributed by atoms with Crippen molar-refractivity contribution in [2.24, 2.45) is 4.99 Å². The Kier molecular flexibility index (Phi) is 2.79. The predicted molar refractivity (Wildman–Crippen MR) is 88.4 cm³/mol. The third kappa shape index (κ3) is 1.99. The molecule has 0 bridgehead atoms. The summed E-state index contributed by atoms with van der Waals surface area (Å²) < 4.78 is 0. The second-order valence-electron chi connectivity index (χ2n) is 5.46. The minimum atomic E-state index is -0.204. The monoisotopic (exact) mass is 286 g/mol. The fourth-order valence-corrected chi connectivity index (χ4v) is 2.80. The average molecular weight is 286 g/mol. The number of rotatable bonds is 2. The highest BCUT2D eigenvalue weighted by atomic mass is 16.2. The summed E-state index contributed by atoms with van der Waals surface area (Å²) in [5.41, 5.74) is 5.70. The second kappa shape index (κ2) is 4.81. The zero-order chi connectivity index (χ0) is 15.1. The average Bonchev–Trinajstić information content (AvgIpc) is 2.54. The highest BCUT2D eigenvalue weighted by molar-refractivity contribution is 6.20. The number of carbonyl (C=O) groups is 1. The van der Waals surface area contributed by atoms with Gasteiger partial charge in [-0.2, -0.15) is 4.99 Å². The molecule has 0 spiro atoms. The van der Waals surface area contributed by atoms with Gasteiger partial charge < -0.3 is 0 Å². The number of allylic oxidation sites excluding steroid dienone is 2. The summed E-state index contributed by atoms with van der Waals surface area (Å²) in [7, 11) is 0. The number of amidine groups is 1. The molecular weight excluding hydrogens is 272 g/mol. The molecule has 0 N–H and O–H groups in total. The standard InChI is InChI=1S/C19H14N2O/c1-13-5-4-6-14(11-13)16-7-2-3-8-17(16)15-9-10-18-20-19(22)21(18)12-15/h2-12H,1H3. The van der Waals surface area contributed by atoms with Gasteiger partial charge in [0.25, 0.3) is 0 Å². The number of fused-ring (bicyclic) bond motifs is 1. The third-order valence-corrected chi connectivity index (χ3v) is 3.91. The van der Waals surface area contributed by atoms with Gasteiger partial charge in [-0.15, -0.1) is 0 Å². The molecule has 2 heterocycles. The van der Waals surface area contributed by atoms with Crippen LogP contribution in [0.4, 0.5) is 4.79 Å². The maximum atomic E-state index is 11.5. The first-order valence-corrected chi connectivity index (χ1v) is 7.20. The van der Waals surface area contributed by atoms with Gasteiger partial charge in [0, 0.05) is 6.20 Å². The van der Waals surface area contributed by atoms with E-state index in [2.05, 4.69) is 48.3 Å². The molecule has 0 atom stereocenters. The van der Waals surface area contributed by atoms with Crippen molar-refractivity contribution >= 4 is 17.4 Å². The van der Waals surface area contributed by atoms with Crippen molar-refractivity contribution in [2.75, 3.05) is 0 Å². The number of hydrogen-bond donors (Lipinski definition) is 0. The Hall–Kier alpha value is -2.94. The number of amides is 2. The van der Waals surface area contributed by atoms with Crippen molar-refractivity contribution in [1.82, 2.24) is 4.90 Å². The van der Waals surface area contributed by atoms with Crippen LogP contribution in [0.3, 0.4) is 0 Å². The van der Waals surface area contributed by atoms with Crippen molar-refractivity contribution in [3.05, 3.63) is 78.0 Å². The highest BCUT2D eigenvalue weighted by Crippen LogP contribution is 2.32. The zero-order valence-electron chi connectivity index (χ0n) is 12.2. The van der Waals surface area contributed by atoms with E-state index in [4.69, 9.17) is 0 Å². The number of carbonyl (C=O) groups excluding carboxylic acids is 1. The van der Waals surface area contributed by atoms with Crippen molar-refractivity contribution in [3.8, 4) is 11.1 Å². The van der Waals surface area contributed by atoms with Crippen LogP contribution >= 0.6 is 0 Å². The molecule has 2 aliphatic rings. The maximum Gasteiger partial charge on any atom is 0.355 e. The van der Waals surface area contributed by atoms with Crippen LogP contribution in [0.1, 0.15) is 11.1 Å². The van der Waals surface area contributed by atoms with Gasteiger partial charge in [0.15, 0.2) is 0 Å². The lowest BCUT2D eigenvalue weighted by atomic mass is 9.93. The fourth-order valence-electron chi connectivity index (χ4n) is 2.80. The quantitative estimate of drug-likeness (QED) is 0.805. The molecular formula is C19H14N2O. The Labute approximate surface area is 128 Å². The SMILES string of the molecule is Cc1cccc(-c2ccccc2C2=CN3C(=O)N=C3C=C2)c1. The van der Waals surface area contributed by atoms with E-state index >= 15 is 0 Å². The van der Waals surface area contributed by atoms with E-state index in [0.717, 1.165) is 16.7 Å². The van der Waals surface area contributed by atoms with E-state index in [1.807, 2.05) is 30.5 Å². The van der Waals surface area contributed by atoms with E-state index < -0.39 is 0 Å². The van der Waals surface area contributed by atoms with E-state index in [1.54, 1.807) is 4.90 Å². The molecule has 106 valence electrons. The first-order valence-electron chi connectivity index (χ1n) is 7.20. The summed E-state index contributed by atoms with van der Waals surface area (Å²) >= 11 is 0. The van der Waals surface area contributed by atoms with Crippen LogP contribution in [0, 0.1) is 6.92 Å². The van der Waals surface area contributed by atoms with Crippen LogP contribution < -0.4 is 0 Å². The largest absolute Gasteiger partial charge is 0.355 e. The van der Waals surface area contributed by atoms with Crippen LogP contribution in [0.25, 0.3) is 16.7 Å². The van der Waals surface area contributed by atoms with Crippen molar-refractivity contribution in [3.63, 3.8) is 0 Å². The summed E-state index contributed by atoms with van der Waals surface area (Å²) in [6, 6.07) is 16.5. The normalized spacial score (nSPS) is 15.9. The molecule has 0 aromatic heterocycles. The molecule has 0 unspecified atom stereocenters. The molecule has 0 fully saturated rings. The van der Waals surface area contributed by atoms with Gasteiger partial charge in [-0.25, -0.2) is 4.79 Å². The van der Waals surface area contributed by atoms with Gasteiger partial charge in [-0.3, -0.25) is 4.90 Å². The fraction of sp³-hybridized carbons (Fsp3) is 0.0526. The molecule has 0 saturated carbocycles. The summed E-state index contributed by atoms with van der Waals surface area (Å²) in [4.78, 5) is 16.9. The summed E-state index contributed by atoms with van der Waals surface area (Å²) in [6.45, 7) is 2.09. The van der Waals surface area contributed by atoms with E-state index in [0.29, 0.717) is 5.84 Å². The Balaban J connectivity index is 1.83. The van der Waals surface area contributed by atoms with Crippen molar-refractivity contribution in [2.45, 2.75) is 6.92 Å². The lowest BCUT2D eigenvalue weighted by Gasteiger charge is -2.28. The number of nitrogens with zero attached hydrogens (tertiary/aromatic N) is 2. The van der Waals surface area contributed by atoms with Gasteiger partial charge in [0.05, 0.1) is 0 Å². The first kappa shape index (κ1) is 12.8. The van der Waals surface area contributed by atoms with Crippen molar-refractivity contribution < 1.29 is 4.79 Å². The van der Waals surface area contributed by atoms with Crippen LogP contribution in [-0.4, -0.2) is 16.8 Å². The Morgan fingerprint density at radius 2 is 1.77 bits per heavy atom. The minimum absolute atomic E-state index is 0.204. The Morgan fingerprint density at radius 3 is 2.55 bits per heavy atom. The molecule has 0 radical (unpaired) electrons. The maximum absolute atomic E-state index is 11.5. The predicted octanol–water partition coefficient (Wildman–Crippen LogP) is 4.41. The van der Waals surface area contributed by atoms with Crippen LogP contribution in [0.15, 0.2) is 71.9 Å².